The smallest absolute Gasteiger partial charge is 0.123 e. The van der Waals surface area contributed by atoms with Gasteiger partial charge in [-0.1, -0.05) is 24.3 Å². The lowest BCUT2D eigenvalue weighted by atomic mass is 9.81. The second-order valence-electron chi connectivity index (χ2n) is 8.70. The average Bonchev–Trinajstić information content (AvgIpc) is 3.35. The molecule has 6 nitrogen and oxygen atoms in total. The molecule has 1 saturated carbocycles. The predicted octanol–water partition coefficient (Wildman–Crippen LogP) is 3.41. The highest BCUT2D eigenvalue weighted by Gasteiger charge is 2.38. The summed E-state index contributed by atoms with van der Waals surface area (Å²) in [5.74, 6) is 0.875. The Labute approximate surface area is 177 Å². The number of nitrogen functional groups attached to an aromatic ring is 1. The third-order valence-electron chi connectivity index (χ3n) is 6.84. The summed E-state index contributed by atoms with van der Waals surface area (Å²) in [6, 6.07) is 12.7. The minimum absolute atomic E-state index is 0.253. The van der Waals surface area contributed by atoms with Crippen molar-refractivity contribution < 1.29 is 9.84 Å². The van der Waals surface area contributed by atoms with E-state index in [0.717, 1.165) is 44.3 Å². The fraction of sp³-hybridized carbons (Fsp3) is 0.458. The molecule has 0 spiro atoms. The van der Waals surface area contributed by atoms with Crippen LogP contribution in [0.1, 0.15) is 54.8 Å². The molecular weight excluding hydrogens is 376 g/mol. The van der Waals surface area contributed by atoms with Gasteiger partial charge in [0.05, 0.1) is 37.2 Å². The first-order chi connectivity index (χ1) is 14.7. The summed E-state index contributed by atoms with van der Waals surface area (Å²) in [7, 11) is 0. The Hall–Kier alpha value is -2.57. The van der Waals surface area contributed by atoms with Gasteiger partial charge in [-0.05, 0) is 61.3 Å². The third kappa shape index (κ3) is 3.77. The van der Waals surface area contributed by atoms with Crippen molar-refractivity contribution in [3.63, 3.8) is 0 Å². The molecule has 2 aromatic rings. The van der Waals surface area contributed by atoms with Crippen LogP contribution in [0.3, 0.4) is 0 Å². The van der Waals surface area contributed by atoms with Crippen molar-refractivity contribution in [2.24, 2.45) is 5.92 Å². The molecule has 0 bridgehead atoms. The number of benzene rings is 1. The monoisotopic (exact) mass is 406 g/mol. The van der Waals surface area contributed by atoms with E-state index in [1.807, 2.05) is 12.1 Å². The minimum atomic E-state index is -0.288. The molecule has 1 aromatic carbocycles. The SMILES string of the molecule is Nc1cc(CO[C@H]2CC[C@H](C(O)CC3c4ccccc4C4=CNCN43)CC2)ccn1. The molecule has 0 amide bonds. The van der Waals surface area contributed by atoms with E-state index in [1.165, 1.54) is 16.8 Å². The molecule has 5 rings (SSSR count). The van der Waals surface area contributed by atoms with Gasteiger partial charge in [0.25, 0.3) is 0 Å². The van der Waals surface area contributed by atoms with Crippen LogP contribution in [0.15, 0.2) is 48.8 Å². The number of rotatable bonds is 6. The number of anilines is 1. The van der Waals surface area contributed by atoms with Crippen LogP contribution in [0.25, 0.3) is 5.70 Å². The number of hydrogen-bond donors (Lipinski definition) is 3. The largest absolute Gasteiger partial charge is 0.393 e. The van der Waals surface area contributed by atoms with E-state index in [0.29, 0.717) is 18.3 Å². The number of aliphatic hydroxyl groups is 1. The van der Waals surface area contributed by atoms with E-state index in [4.69, 9.17) is 10.5 Å². The van der Waals surface area contributed by atoms with Crippen LogP contribution >= 0.6 is 0 Å². The second-order valence-corrected chi connectivity index (χ2v) is 8.70. The molecule has 158 valence electrons. The standard InChI is InChI=1S/C24H30N4O2/c25-24-11-16(9-10-27-24)14-30-18-7-5-17(6-8-18)23(29)12-21-19-3-1-2-4-20(19)22-13-26-15-28(21)22/h1-4,9-11,13,17-18,21,23,26,29H,5-8,12,14-15H2,(H2,25,27)/t17-,18-,21?,23?. The van der Waals surface area contributed by atoms with Crippen molar-refractivity contribution in [2.45, 2.75) is 57.0 Å². The maximum absolute atomic E-state index is 11.1. The normalized spacial score (nSPS) is 26.0. The van der Waals surface area contributed by atoms with Crippen LogP contribution in [0.2, 0.25) is 0 Å². The maximum Gasteiger partial charge on any atom is 0.123 e. The Morgan fingerprint density at radius 1 is 1.20 bits per heavy atom. The molecule has 1 aliphatic carbocycles. The van der Waals surface area contributed by atoms with Gasteiger partial charge >= 0.3 is 0 Å². The van der Waals surface area contributed by atoms with Gasteiger partial charge in [-0.15, -0.1) is 0 Å². The number of nitrogens with one attached hydrogen (secondary N) is 1. The van der Waals surface area contributed by atoms with Crippen LogP contribution in [0.4, 0.5) is 5.82 Å². The van der Waals surface area contributed by atoms with Gasteiger partial charge in [0.2, 0.25) is 0 Å². The first-order valence-corrected chi connectivity index (χ1v) is 11.0. The summed E-state index contributed by atoms with van der Waals surface area (Å²) in [4.78, 5) is 6.42. The molecule has 4 N–H and O–H groups in total. The van der Waals surface area contributed by atoms with Crippen LogP contribution in [-0.4, -0.2) is 33.9 Å². The highest BCUT2D eigenvalue weighted by Crippen LogP contribution is 2.45. The Morgan fingerprint density at radius 2 is 2.03 bits per heavy atom. The molecule has 3 heterocycles. The molecule has 30 heavy (non-hydrogen) atoms. The zero-order valence-corrected chi connectivity index (χ0v) is 17.2. The van der Waals surface area contributed by atoms with Crippen molar-refractivity contribution in [3.05, 3.63) is 65.5 Å². The molecule has 1 fully saturated rings. The van der Waals surface area contributed by atoms with E-state index in [1.54, 1.807) is 6.20 Å². The van der Waals surface area contributed by atoms with Crippen LogP contribution in [0.5, 0.6) is 0 Å². The number of nitrogens with two attached hydrogens (primary N) is 1. The first-order valence-electron chi connectivity index (χ1n) is 11.0. The number of aromatic nitrogens is 1. The van der Waals surface area contributed by atoms with Gasteiger partial charge in [0.1, 0.15) is 5.82 Å². The number of pyridine rings is 1. The number of hydrogen-bond acceptors (Lipinski definition) is 6. The van der Waals surface area contributed by atoms with Gasteiger partial charge in [0, 0.05) is 18.0 Å². The maximum atomic E-state index is 11.1. The van der Waals surface area contributed by atoms with Crippen molar-refractivity contribution in [1.29, 1.82) is 0 Å². The fourth-order valence-electron chi connectivity index (χ4n) is 5.22. The van der Waals surface area contributed by atoms with E-state index < -0.39 is 0 Å². The molecule has 1 aromatic heterocycles. The molecule has 2 atom stereocenters. The van der Waals surface area contributed by atoms with Crippen molar-refractivity contribution in [2.75, 3.05) is 12.4 Å². The highest BCUT2D eigenvalue weighted by molar-refractivity contribution is 5.73. The third-order valence-corrected chi connectivity index (χ3v) is 6.84. The number of aliphatic hydroxyl groups excluding tert-OH is 1. The van der Waals surface area contributed by atoms with Crippen LogP contribution in [0, 0.1) is 5.92 Å². The van der Waals surface area contributed by atoms with E-state index in [-0.39, 0.29) is 18.2 Å². The zero-order chi connectivity index (χ0) is 20.5. The molecule has 0 saturated heterocycles. The van der Waals surface area contributed by atoms with Crippen molar-refractivity contribution in [1.82, 2.24) is 15.2 Å². The van der Waals surface area contributed by atoms with Gasteiger partial charge < -0.3 is 25.8 Å². The first kappa shape index (κ1) is 19.4. The van der Waals surface area contributed by atoms with Crippen LogP contribution in [-0.2, 0) is 11.3 Å². The van der Waals surface area contributed by atoms with Crippen LogP contribution < -0.4 is 11.1 Å². The predicted molar refractivity (Wildman–Crippen MR) is 117 cm³/mol. The van der Waals surface area contributed by atoms with E-state index >= 15 is 0 Å². The highest BCUT2D eigenvalue weighted by atomic mass is 16.5. The Balaban J connectivity index is 1.15. The van der Waals surface area contributed by atoms with Gasteiger partial charge in [-0.2, -0.15) is 0 Å². The Bertz CT molecular complexity index is 923. The van der Waals surface area contributed by atoms with E-state index in [2.05, 4.69) is 45.7 Å². The summed E-state index contributed by atoms with van der Waals surface area (Å²) in [6.07, 6.45) is 8.60. The molecule has 2 aliphatic heterocycles. The summed E-state index contributed by atoms with van der Waals surface area (Å²) in [6.45, 7) is 1.39. The number of nitrogens with zero attached hydrogens (tertiary/aromatic N) is 2. The Kier molecular flexibility index (Phi) is 5.35. The number of ether oxygens (including phenoxy) is 1. The van der Waals surface area contributed by atoms with Crippen molar-refractivity contribution >= 4 is 11.5 Å². The Morgan fingerprint density at radius 3 is 2.87 bits per heavy atom. The summed E-state index contributed by atoms with van der Waals surface area (Å²) >= 11 is 0. The summed E-state index contributed by atoms with van der Waals surface area (Å²) in [5, 5.41) is 14.4. The van der Waals surface area contributed by atoms with Gasteiger partial charge in [-0.25, -0.2) is 4.98 Å². The van der Waals surface area contributed by atoms with Gasteiger partial charge in [-0.3, -0.25) is 0 Å². The average molecular weight is 407 g/mol. The zero-order valence-electron chi connectivity index (χ0n) is 17.2. The summed E-state index contributed by atoms with van der Waals surface area (Å²) < 4.78 is 6.10. The number of fused-ring (bicyclic) bond motifs is 3. The van der Waals surface area contributed by atoms with Gasteiger partial charge in [0.15, 0.2) is 0 Å². The lowest BCUT2D eigenvalue weighted by molar-refractivity contribution is -0.0180. The topological polar surface area (TPSA) is 83.6 Å². The summed E-state index contributed by atoms with van der Waals surface area (Å²) in [5.41, 5.74) is 10.7. The molecule has 3 aliphatic rings. The second kappa shape index (κ2) is 8.28. The quantitative estimate of drug-likeness (QED) is 0.682. The fourth-order valence-corrected chi connectivity index (χ4v) is 5.22. The lowest BCUT2D eigenvalue weighted by Crippen LogP contribution is -2.33. The molecular formula is C24H30N4O2. The minimum Gasteiger partial charge on any atom is -0.393 e. The molecule has 6 heteroatoms. The molecule has 2 unspecified atom stereocenters. The molecule has 0 radical (unpaired) electrons. The lowest BCUT2D eigenvalue weighted by Gasteiger charge is -2.34. The van der Waals surface area contributed by atoms with E-state index in [9.17, 15) is 5.11 Å². The van der Waals surface area contributed by atoms with Crippen molar-refractivity contribution in [3.8, 4) is 0 Å².